The van der Waals surface area contributed by atoms with Crippen LogP contribution >= 0.6 is 23.4 Å². The van der Waals surface area contributed by atoms with Crippen molar-refractivity contribution in [2.75, 3.05) is 43.1 Å². The van der Waals surface area contributed by atoms with E-state index in [9.17, 15) is 13.2 Å². The van der Waals surface area contributed by atoms with E-state index in [4.69, 9.17) is 11.6 Å². The van der Waals surface area contributed by atoms with Crippen molar-refractivity contribution in [3.05, 3.63) is 53.7 Å². The standard InChI is InChI=1S/C20H25ClN4O3S2/c1-29-15-10-17(23-30(27,28)16-6-3-2-4-7-16)20(26)25-13-11-24(12-14-25)19-9-5-8-18(21)22-19/h2-9,17,23H,10-15H2,1H3. The van der Waals surface area contributed by atoms with Gasteiger partial charge >= 0.3 is 0 Å². The second kappa shape index (κ2) is 10.5. The highest BCUT2D eigenvalue weighted by Crippen LogP contribution is 2.18. The Morgan fingerprint density at radius 2 is 1.83 bits per heavy atom. The molecule has 1 N–H and O–H groups in total. The summed E-state index contributed by atoms with van der Waals surface area (Å²) in [4.78, 5) is 21.4. The van der Waals surface area contributed by atoms with Crippen LogP contribution in [0.25, 0.3) is 0 Å². The van der Waals surface area contributed by atoms with Gasteiger partial charge in [-0.05, 0) is 42.7 Å². The number of hydrogen-bond donors (Lipinski definition) is 1. The number of thioether (sulfide) groups is 1. The lowest BCUT2D eigenvalue weighted by molar-refractivity contribution is -0.133. The molecule has 10 heteroatoms. The molecule has 1 aliphatic heterocycles. The van der Waals surface area contributed by atoms with Crippen molar-refractivity contribution in [1.29, 1.82) is 0 Å². The normalized spacial score (nSPS) is 15.8. The molecule has 1 fully saturated rings. The van der Waals surface area contributed by atoms with Crippen molar-refractivity contribution in [3.8, 4) is 0 Å². The van der Waals surface area contributed by atoms with Crippen molar-refractivity contribution in [2.24, 2.45) is 0 Å². The largest absolute Gasteiger partial charge is 0.353 e. The first-order chi connectivity index (χ1) is 14.4. The van der Waals surface area contributed by atoms with E-state index < -0.39 is 16.1 Å². The molecular formula is C20H25ClN4O3S2. The van der Waals surface area contributed by atoms with Crippen LogP contribution in [0, 0.1) is 0 Å². The second-order valence-corrected chi connectivity index (χ2v) is 9.99. The highest BCUT2D eigenvalue weighted by atomic mass is 35.5. The average Bonchev–Trinajstić information content (AvgIpc) is 2.77. The molecule has 1 unspecified atom stereocenters. The Kier molecular flexibility index (Phi) is 7.99. The monoisotopic (exact) mass is 468 g/mol. The summed E-state index contributed by atoms with van der Waals surface area (Å²) < 4.78 is 28.1. The summed E-state index contributed by atoms with van der Waals surface area (Å²) >= 11 is 7.56. The third-order valence-corrected chi connectivity index (χ3v) is 7.22. The Morgan fingerprint density at radius 1 is 1.13 bits per heavy atom. The van der Waals surface area contributed by atoms with Gasteiger partial charge in [-0.2, -0.15) is 16.5 Å². The van der Waals surface area contributed by atoms with Crippen LogP contribution in [0.15, 0.2) is 53.4 Å². The summed E-state index contributed by atoms with van der Waals surface area (Å²) in [6.45, 7) is 2.21. The maximum Gasteiger partial charge on any atom is 0.241 e. The van der Waals surface area contributed by atoms with E-state index in [1.807, 2.05) is 18.4 Å². The number of hydrogen-bond acceptors (Lipinski definition) is 6. The highest BCUT2D eigenvalue weighted by molar-refractivity contribution is 7.98. The number of carbonyl (C=O) groups excluding carboxylic acids is 1. The van der Waals surface area contributed by atoms with Gasteiger partial charge in [0.05, 0.1) is 4.90 Å². The van der Waals surface area contributed by atoms with Crippen LogP contribution in [0.5, 0.6) is 0 Å². The van der Waals surface area contributed by atoms with Gasteiger partial charge in [0.25, 0.3) is 0 Å². The summed E-state index contributed by atoms with van der Waals surface area (Å²) in [5, 5.41) is 0.429. The van der Waals surface area contributed by atoms with Crippen LogP contribution in [0.2, 0.25) is 5.15 Å². The van der Waals surface area contributed by atoms with E-state index >= 15 is 0 Å². The van der Waals surface area contributed by atoms with E-state index in [0.29, 0.717) is 43.5 Å². The molecule has 30 heavy (non-hydrogen) atoms. The van der Waals surface area contributed by atoms with Crippen molar-refractivity contribution in [3.63, 3.8) is 0 Å². The van der Waals surface area contributed by atoms with E-state index in [2.05, 4.69) is 14.6 Å². The zero-order valence-corrected chi connectivity index (χ0v) is 19.1. The highest BCUT2D eigenvalue weighted by Gasteiger charge is 2.31. The Labute approximate surface area is 186 Å². The quantitative estimate of drug-likeness (QED) is 0.599. The maximum atomic E-state index is 13.1. The van der Waals surface area contributed by atoms with Gasteiger partial charge in [-0.15, -0.1) is 0 Å². The lowest BCUT2D eigenvalue weighted by atomic mass is 10.2. The fraction of sp³-hybridized carbons (Fsp3) is 0.400. The van der Waals surface area contributed by atoms with Gasteiger partial charge in [0.2, 0.25) is 15.9 Å². The first kappa shape index (κ1) is 22.9. The maximum absolute atomic E-state index is 13.1. The molecule has 162 valence electrons. The van der Waals surface area contributed by atoms with Crippen LogP contribution in [-0.4, -0.2) is 68.4 Å². The minimum Gasteiger partial charge on any atom is -0.353 e. The molecule has 0 aliphatic carbocycles. The van der Waals surface area contributed by atoms with Crippen LogP contribution in [0.3, 0.4) is 0 Å². The summed E-state index contributed by atoms with van der Waals surface area (Å²) in [6.07, 6.45) is 2.37. The zero-order chi connectivity index (χ0) is 21.6. The van der Waals surface area contributed by atoms with Crippen LogP contribution in [0.1, 0.15) is 6.42 Å². The number of piperazine rings is 1. The van der Waals surface area contributed by atoms with E-state index in [0.717, 1.165) is 5.82 Å². The Balaban J connectivity index is 1.67. The van der Waals surface area contributed by atoms with Crippen LogP contribution < -0.4 is 9.62 Å². The fourth-order valence-corrected chi connectivity index (χ4v) is 5.15. The number of amides is 1. The molecule has 0 bridgehead atoms. The molecule has 1 aliphatic rings. The van der Waals surface area contributed by atoms with E-state index in [-0.39, 0.29) is 10.8 Å². The average molecular weight is 469 g/mol. The van der Waals surface area contributed by atoms with Crippen molar-refractivity contribution in [2.45, 2.75) is 17.4 Å². The predicted octanol–water partition coefficient (Wildman–Crippen LogP) is 2.48. The molecule has 1 aromatic carbocycles. The van der Waals surface area contributed by atoms with Gasteiger partial charge in [0.1, 0.15) is 17.0 Å². The number of rotatable bonds is 8. The predicted molar refractivity (Wildman–Crippen MR) is 122 cm³/mol. The molecule has 0 radical (unpaired) electrons. The summed E-state index contributed by atoms with van der Waals surface area (Å²) in [6, 6.07) is 12.8. The summed E-state index contributed by atoms with van der Waals surface area (Å²) in [7, 11) is -3.77. The van der Waals surface area contributed by atoms with Crippen molar-refractivity contribution in [1.82, 2.24) is 14.6 Å². The number of halogens is 1. The van der Waals surface area contributed by atoms with Crippen molar-refractivity contribution >= 4 is 45.1 Å². The van der Waals surface area contributed by atoms with Gasteiger partial charge in [-0.1, -0.05) is 35.9 Å². The molecule has 2 heterocycles. The van der Waals surface area contributed by atoms with Gasteiger partial charge in [-0.25, -0.2) is 13.4 Å². The Morgan fingerprint density at radius 3 is 2.47 bits per heavy atom. The number of sulfonamides is 1. The molecule has 0 saturated carbocycles. The molecule has 1 atom stereocenters. The molecule has 1 aromatic heterocycles. The zero-order valence-electron chi connectivity index (χ0n) is 16.7. The molecule has 3 rings (SSSR count). The van der Waals surface area contributed by atoms with E-state index in [1.54, 1.807) is 40.9 Å². The number of pyridine rings is 1. The number of carbonyl (C=O) groups is 1. The number of aromatic nitrogens is 1. The van der Waals surface area contributed by atoms with E-state index in [1.165, 1.54) is 12.1 Å². The minimum absolute atomic E-state index is 0.156. The number of benzene rings is 1. The first-order valence-electron chi connectivity index (χ1n) is 9.63. The van der Waals surface area contributed by atoms with Crippen LogP contribution in [0.4, 0.5) is 5.82 Å². The van der Waals surface area contributed by atoms with Gasteiger partial charge < -0.3 is 9.80 Å². The van der Waals surface area contributed by atoms with Gasteiger partial charge in [0.15, 0.2) is 0 Å². The first-order valence-corrected chi connectivity index (χ1v) is 12.9. The second-order valence-electron chi connectivity index (χ2n) is 6.90. The third kappa shape index (κ3) is 5.87. The fourth-order valence-electron chi connectivity index (χ4n) is 3.27. The van der Waals surface area contributed by atoms with Gasteiger partial charge in [-0.3, -0.25) is 4.79 Å². The molecule has 7 nitrogen and oxygen atoms in total. The third-order valence-electron chi connectivity index (χ3n) is 4.88. The number of nitrogens with one attached hydrogen (secondary N) is 1. The molecular weight excluding hydrogens is 444 g/mol. The lowest BCUT2D eigenvalue weighted by Gasteiger charge is -2.37. The van der Waals surface area contributed by atoms with Gasteiger partial charge in [0, 0.05) is 26.2 Å². The molecule has 2 aromatic rings. The van der Waals surface area contributed by atoms with Crippen LogP contribution in [-0.2, 0) is 14.8 Å². The lowest BCUT2D eigenvalue weighted by Crippen LogP contribution is -2.55. The number of anilines is 1. The molecule has 1 amide bonds. The topological polar surface area (TPSA) is 82.6 Å². The number of nitrogens with zero attached hydrogens (tertiary/aromatic N) is 3. The van der Waals surface area contributed by atoms with Crippen molar-refractivity contribution < 1.29 is 13.2 Å². The smallest absolute Gasteiger partial charge is 0.241 e. The Hall–Kier alpha value is -1.81. The summed E-state index contributed by atoms with van der Waals surface area (Å²) in [5.41, 5.74) is 0. The SMILES string of the molecule is CSCCC(NS(=O)(=O)c1ccccc1)C(=O)N1CCN(c2cccc(Cl)n2)CC1. The minimum atomic E-state index is -3.77. The molecule has 1 saturated heterocycles. The molecule has 0 spiro atoms. The summed E-state index contributed by atoms with van der Waals surface area (Å²) in [5.74, 6) is 1.26. The Bertz CT molecular complexity index is 952.